The van der Waals surface area contributed by atoms with Gasteiger partial charge in [0.25, 0.3) is 5.91 Å². The largest absolute Gasteiger partial charge is 0.480 e. The molecule has 8 heteroatoms. The van der Waals surface area contributed by atoms with Crippen molar-refractivity contribution in [2.45, 2.75) is 19.4 Å². The number of ether oxygens (including phenoxy) is 2. The normalized spacial score (nSPS) is 13.0. The first-order chi connectivity index (χ1) is 10.9. The zero-order valence-corrected chi connectivity index (χ0v) is 13.3. The van der Waals surface area contributed by atoms with Gasteiger partial charge in [0, 0.05) is 5.56 Å². The first-order valence-corrected chi connectivity index (χ1v) is 7.60. The van der Waals surface area contributed by atoms with Crippen LogP contribution in [0.3, 0.4) is 0 Å². The van der Waals surface area contributed by atoms with Gasteiger partial charge in [0.15, 0.2) is 11.5 Å². The van der Waals surface area contributed by atoms with Gasteiger partial charge in [0.05, 0.1) is 6.20 Å². The molecule has 2 heterocycles. The topological polar surface area (TPSA) is 97.8 Å². The number of carbonyl (C=O) groups is 2. The summed E-state index contributed by atoms with van der Waals surface area (Å²) < 4.78 is 10.6. The summed E-state index contributed by atoms with van der Waals surface area (Å²) in [6.07, 6.45) is 1.43. The van der Waals surface area contributed by atoms with Crippen LogP contribution in [0.2, 0.25) is 0 Å². The van der Waals surface area contributed by atoms with Gasteiger partial charge >= 0.3 is 5.97 Å². The number of fused-ring (bicyclic) bond motifs is 1. The van der Waals surface area contributed by atoms with Gasteiger partial charge in [-0.15, -0.1) is 11.3 Å². The van der Waals surface area contributed by atoms with Crippen LogP contribution >= 0.6 is 11.3 Å². The number of hydrogen-bond acceptors (Lipinski definition) is 6. The molecule has 0 saturated carbocycles. The van der Waals surface area contributed by atoms with E-state index in [1.165, 1.54) is 31.4 Å². The van der Waals surface area contributed by atoms with Crippen molar-refractivity contribution in [3.63, 3.8) is 0 Å². The molecule has 0 atom stereocenters. The molecule has 23 heavy (non-hydrogen) atoms. The standard InChI is InChI=1S/C15H14N2O5S/c1-15(2,14(19)20)17-12(18)11-6-16-13(23-11)8-3-4-9-10(5-8)22-7-21-9/h3-6H,7H2,1-2H3,(H,17,18)(H,19,20). The van der Waals surface area contributed by atoms with Crippen molar-refractivity contribution in [2.75, 3.05) is 6.79 Å². The number of thiazole rings is 1. The van der Waals surface area contributed by atoms with E-state index in [1.54, 1.807) is 12.1 Å². The highest BCUT2D eigenvalue weighted by atomic mass is 32.1. The van der Waals surface area contributed by atoms with Crippen LogP contribution in [0, 0.1) is 0 Å². The minimum atomic E-state index is -1.35. The molecule has 0 aliphatic carbocycles. The molecule has 7 nitrogen and oxygen atoms in total. The van der Waals surface area contributed by atoms with Crippen LogP contribution in [-0.4, -0.2) is 34.3 Å². The summed E-state index contributed by atoms with van der Waals surface area (Å²) in [4.78, 5) is 27.8. The maximum Gasteiger partial charge on any atom is 0.328 e. The third-order valence-electron chi connectivity index (χ3n) is 3.31. The fraction of sp³-hybridized carbons (Fsp3) is 0.267. The van der Waals surface area contributed by atoms with Crippen molar-refractivity contribution in [3.05, 3.63) is 29.3 Å². The molecule has 0 radical (unpaired) electrons. The van der Waals surface area contributed by atoms with Crippen molar-refractivity contribution >= 4 is 23.2 Å². The van der Waals surface area contributed by atoms with Crippen LogP contribution in [0.25, 0.3) is 10.6 Å². The summed E-state index contributed by atoms with van der Waals surface area (Å²) in [5, 5.41) is 12.2. The number of carboxylic acid groups (broad SMARTS) is 1. The molecule has 0 saturated heterocycles. The summed E-state index contributed by atoms with van der Waals surface area (Å²) in [6, 6.07) is 5.41. The molecule has 2 aromatic rings. The molecular formula is C15H14N2O5S. The van der Waals surface area contributed by atoms with E-state index < -0.39 is 17.4 Å². The number of hydrogen-bond donors (Lipinski definition) is 2. The molecule has 1 aliphatic rings. The number of amides is 1. The monoisotopic (exact) mass is 334 g/mol. The fourth-order valence-corrected chi connectivity index (χ4v) is 2.75. The van der Waals surface area contributed by atoms with Gasteiger partial charge in [-0.3, -0.25) is 4.79 Å². The van der Waals surface area contributed by atoms with Crippen LogP contribution in [0.5, 0.6) is 11.5 Å². The smallest absolute Gasteiger partial charge is 0.328 e. The SMILES string of the molecule is CC(C)(NC(=O)c1cnc(-c2ccc3c(c2)OCO3)s1)C(=O)O. The van der Waals surface area contributed by atoms with Crippen LogP contribution < -0.4 is 14.8 Å². The predicted octanol–water partition coefficient (Wildman–Crippen LogP) is 2.13. The highest BCUT2D eigenvalue weighted by molar-refractivity contribution is 7.16. The lowest BCUT2D eigenvalue weighted by Crippen LogP contribution is -2.49. The molecule has 120 valence electrons. The van der Waals surface area contributed by atoms with E-state index in [4.69, 9.17) is 14.6 Å². The zero-order chi connectivity index (χ0) is 16.6. The Labute approximate surface area is 135 Å². The molecule has 1 aromatic carbocycles. The average molecular weight is 334 g/mol. The van der Waals surface area contributed by atoms with E-state index in [0.29, 0.717) is 21.4 Å². The van der Waals surface area contributed by atoms with Crippen molar-refractivity contribution in [1.29, 1.82) is 0 Å². The minimum Gasteiger partial charge on any atom is -0.480 e. The van der Waals surface area contributed by atoms with Gasteiger partial charge in [-0.05, 0) is 32.0 Å². The predicted molar refractivity (Wildman–Crippen MR) is 82.9 cm³/mol. The summed E-state index contributed by atoms with van der Waals surface area (Å²) >= 11 is 1.18. The quantitative estimate of drug-likeness (QED) is 0.889. The van der Waals surface area contributed by atoms with Crippen LogP contribution in [-0.2, 0) is 4.79 Å². The fourth-order valence-electron chi connectivity index (χ4n) is 1.94. The Morgan fingerprint density at radius 2 is 2.04 bits per heavy atom. The number of nitrogens with zero attached hydrogens (tertiary/aromatic N) is 1. The Hall–Kier alpha value is -2.61. The van der Waals surface area contributed by atoms with E-state index in [-0.39, 0.29) is 6.79 Å². The first-order valence-electron chi connectivity index (χ1n) is 6.78. The van der Waals surface area contributed by atoms with Crippen LogP contribution in [0.1, 0.15) is 23.5 Å². The van der Waals surface area contributed by atoms with Crippen molar-refractivity contribution in [2.24, 2.45) is 0 Å². The van der Waals surface area contributed by atoms with E-state index in [1.807, 2.05) is 6.07 Å². The van der Waals surface area contributed by atoms with Gasteiger partial charge < -0.3 is 19.9 Å². The lowest BCUT2D eigenvalue weighted by Gasteiger charge is -2.20. The van der Waals surface area contributed by atoms with Gasteiger partial charge in [-0.2, -0.15) is 0 Å². The second-order valence-electron chi connectivity index (χ2n) is 5.48. The molecule has 2 N–H and O–H groups in total. The minimum absolute atomic E-state index is 0.189. The molecule has 1 aliphatic heterocycles. The number of aliphatic carboxylic acids is 1. The maximum absolute atomic E-state index is 12.1. The third-order valence-corrected chi connectivity index (χ3v) is 4.35. The summed E-state index contributed by atoms with van der Waals surface area (Å²) in [5.74, 6) is -0.268. The second-order valence-corrected chi connectivity index (χ2v) is 6.51. The van der Waals surface area contributed by atoms with Crippen LogP contribution in [0.15, 0.2) is 24.4 Å². The van der Waals surface area contributed by atoms with Crippen molar-refractivity contribution < 1.29 is 24.2 Å². The van der Waals surface area contributed by atoms with E-state index in [2.05, 4.69) is 10.3 Å². The van der Waals surface area contributed by atoms with Gasteiger partial charge in [0.1, 0.15) is 15.4 Å². The molecule has 1 aromatic heterocycles. The lowest BCUT2D eigenvalue weighted by atomic mass is 10.1. The summed E-state index contributed by atoms with van der Waals surface area (Å²) in [5.41, 5.74) is -0.546. The Morgan fingerprint density at radius 1 is 1.30 bits per heavy atom. The number of rotatable bonds is 4. The van der Waals surface area contributed by atoms with E-state index >= 15 is 0 Å². The summed E-state index contributed by atoms with van der Waals surface area (Å²) in [7, 11) is 0. The average Bonchev–Trinajstić information content (AvgIpc) is 3.15. The molecule has 0 spiro atoms. The Balaban J connectivity index is 1.80. The number of benzene rings is 1. The van der Waals surface area contributed by atoms with E-state index in [9.17, 15) is 9.59 Å². The molecule has 3 rings (SSSR count). The third kappa shape index (κ3) is 2.98. The summed E-state index contributed by atoms with van der Waals surface area (Å²) in [6.45, 7) is 3.04. The number of carboxylic acids is 1. The first kappa shape index (κ1) is 15.3. The maximum atomic E-state index is 12.1. The Bertz CT molecular complexity index is 784. The number of carbonyl (C=O) groups excluding carboxylic acids is 1. The van der Waals surface area contributed by atoms with Gasteiger partial charge in [-0.1, -0.05) is 0 Å². The number of nitrogens with one attached hydrogen (secondary N) is 1. The highest BCUT2D eigenvalue weighted by Gasteiger charge is 2.30. The van der Waals surface area contributed by atoms with Gasteiger partial charge in [-0.25, -0.2) is 9.78 Å². The zero-order valence-electron chi connectivity index (χ0n) is 12.5. The second kappa shape index (κ2) is 5.54. The molecule has 1 amide bonds. The van der Waals surface area contributed by atoms with E-state index in [0.717, 1.165) is 5.56 Å². The van der Waals surface area contributed by atoms with Crippen LogP contribution in [0.4, 0.5) is 0 Å². The van der Waals surface area contributed by atoms with Gasteiger partial charge in [0.2, 0.25) is 6.79 Å². The lowest BCUT2D eigenvalue weighted by molar-refractivity contribution is -0.143. The molecule has 0 fully saturated rings. The highest BCUT2D eigenvalue weighted by Crippen LogP contribution is 2.36. The van der Waals surface area contributed by atoms with Crippen molar-refractivity contribution in [3.8, 4) is 22.1 Å². The Morgan fingerprint density at radius 3 is 2.78 bits per heavy atom. The van der Waals surface area contributed by atoms with Crippen molar-refractivity contribution in [1.82, 2.24) is 10.3 Å². The number of aromatic nitrogens is 1. The molecule has 0 bridgehead atoms. The Kier molecular flexibility index (Phi) is 3.69. The molecular weight excluding hydrogens is 320 g/mol. The molecule has 0 unspecified atom stereocenters.